The second-order valence-corrected chi connectivity index (χ2v) is 1.52. The van der Waals surface area contributed by atoms with E-state index in [2.05, 4.69) is 9.91 Å². The Hall–Kier alpha value is -1.39. The van der Waals surface area contributed by atoms with Gasteiger partial charge in [0.25, 0.3) is 0 Å². The van der Waals surface area contributed by atoms with E-state index in [1.807, 2.05) is 0 Å². The quantitative estimate of drug-likeness (QED) is 0.269. The van der Waals surface area contributed by atoms with Gasteiger partial charge >= 0.3 is 5.97 Å². The third-order valence-corrected chi connectivity index (χ3v) is 0.813. The molecule has 5 heteroatoms. The summed E-state index contributed by atoms with van der Waals surface area (Å²) >= 11 is 0. The number of nitrogens with zero attached hydrogens (tertiary/aromatic N) is 1. The number of hydrogen-bond donors (Lipinski definition) is 1. The van der Waals surface area contributed by atoms with Crippen LogP contribution in [0.2, 0.25) is 0 Å². The highest BCUT2D eigenvalue weighted by atomic mass is 16.5. The van der Waals surface area contributed by atoms with Crippen LogP contribution in [-0.4, -0.2) is 18.2 Å². The van der Waals surface area contributed by atoms with Gasteiger partial charge in [-0.05, 0) is 12.1 Å². The number of aliphatic hydroxyl groups excluding tert-OH is 1. The van der Waals surface area contributed by atoms with E-state index in [0.29, 0.717) is 0 Å². The molecule has 0 aromatic heterocycles. The molecule has 0 aliphatic carbocycles. The summed E-state index contributed by atoms with van der Waals surface area (Å²) in [6.45, 7) is 1.17. The molecule has 0 unspecified atom stereocenters. The van der Waals surface area contributed by atoms with Gasteiger partial charge in [-0.25, -0.2) is 4.79 Å². The fourth-order valence-electron chi connectivity index (χ4n) is 0.348. The molecular weight excluding hydrogens is 138 g/mol. The number of nitroso groups, excluding NO2 is 1. The highest BCUT2D eigenvalue weighted by Crippen LogP contribution is 2.03. The molecular formula is C5H7NO4. The van der Waals surface area contributed by atoms with Gasteiger partial charge in [0, 0.05) is 0 Å². The smallest absolute Gasteiger partial charge is 0.363 e. The van der Waals surface area contributed by atoms with Crippen LogP contribution in [0.4, 0.5) is 0 Å². The molecule has 0 atom stereocenters. The fourth-order valence-corrected chi connectivity index (χ4v) is 0.348. The highest BCUT2D eigenvalue weighted by molar-refractivity contribution is 5.88. The number of carbonyl (C=O) groups is 1. The van der Waals surface area contributed by atoms with E-state index in [1.54, 1.807) is 0 Å². The third kappa shape index (κ3) is 1.85. The van der Waals surface area contributed by atoms with E-state index in [0.717, 1.165) is 7.11 Å². The van der Waals surface area contributed by atoms with E-state index in [1.165, 1.54) is 6.92 Å². The molecule has 0 aromatic rings. The molecule has 0 spiro atoms. The molecule has 0 amide bonds. The van der Waals surface area contributed by atoms with Crippen LogP contribution < -0.4 is 0 Å². The summed E-state index contributed by atoms with van der Waals surface area (Å²) in [5.41, 5.74) is -0.595. The number of ether oxygens (including phenoxy) is 1. The topological polar surface area (TPSA) is 76.0 Å². The van der Waals surface area contributed by atoms with Gasteiger partial charge in [-0.2, -0.15) is 0 Å². The van der Waals surface area contributed by atoms with E-state index in [4.69, 9.17) is 5.11 Å². The van der Waals surface area contributed by atoms with Crippen molar-refractivity contribution < 1.29 is 14.6 Å². The molecule has 0 aliphatic heterocycles. The Morgan fingerprint density at radius 3 is 2.20 bits per heavy atom. The van der Waals surface area contributed by atoms with Crippen LogP contribution in [0.1, 0.15) is 6.92 Å². The number of aliphatic hydroxyl groups is 1. The molecule has 1 N–H and O–H groups in total. The molecule has 0 bridgehead atoms. The maximum atomic E-state index is 10.5. The minimum absolute atomic E-state index is 0.443. The zero-order chi connectivity index (χ0) is 8.15. The van der Waals surface area contributed by atoms with Crippen LogP contribution >= 0.6 is 0 Å². The molecule has 0 fully saturated rings. The van der Waals surface area contributed by atoms with Crippen molar-refractivity contribution in [2.45, 2.75) is 6.92 Å². The fraction of sp³-hybridized carbons (Fsp3) is 0.400. The van der Waals surface area contributed by atoms with Gasteiger partial charge in [-0.1, -0.05) is 0 Å². The average Bonchev–Trinajstić information content (AvgIpc) is 1.88. The standard InChI is InChI=1S/C5H7NO4/c1-3(7)4(6-9)5(8)10-2/h7H,1-2H3/b4-3-. The first-order valence-corrected chi connectivity index (χ1v) is 2.45. The van der Waals surface area contributed by atoms with Gasteiger partial charge in [-0.3, -0.25) is 0 Å². The Kier molecular flexibility index (Phi) is 3.10. The minimum Gasteiger partial charge on any atom is -0.510 e. The van der Waals surface area contributed by atoms with E-state index in [9.17, 15) is 9.70 Å². The van der Waals surface area contributed by atoms with Crippen molar-refractivity contribution in [3.63, 3.8) is 0 Å². The van der Waals surface area contributed by atoms with Crippen LogP contribution in [0, 0.1) is 4.91 Å². The third-order valence-electron chi connectivity index (χ3n) is 0.813. The molecule has 56 valence electrons. The van der Waals surface area contributed by atoms with E-state index in [-0.39, 0.29) is 0 Å². The van der Waals surface area contributed by atoms with Crippen molar-refractivity contribution in [3.05, 3.63) is 16.4 Å². The Morgan fingerprint density at radius 2 is 2.10 bits per heavy atom. The number of carbonyl (C=O) groups excluding carboxylic acids is 1. The number of esters is 1. The summed E-state index contributed by atoms with van der Waals surface area (Å²) in [7, 11) is 1.09. The lowest BCUT2D eigenvalue weighted by atomic mass is 10.4. The predicted octanol–water partition coefficient (Wildman–Crippen LogP) is 0.715. The van der Waals surface area contributed by atoms with Crippen molar-refractivity contribution in [3.8, 4) is 0 Å². The monoisotopic (exact) mass is 145 g/mol. The lowest BCUT2D eigenvalue weighted by Gasteiger charge is -1.95. The van der Waals surface area contributed by atoms with Crippen LogP contribution in [0.5, 0.6) is 0 Å². The van der Waals surface area contributed by atoms with Crippen LogP contribution in [-0.2, 0) is 9.53 Å². The number of methoxy groups -OCH3 is 1. The maximum absolute atomic E-state index is 10.5. The summed E-state index contributed by atoms with van der Waals surface area (Å²) in [6, 6.07) is 0. The van der Waals surface area contributed by atoms with E-state index < -0.39 is 17.4 Å². The summed E-state index contributed by atoms with van der Waals surface area (Å²) < 4.78 is 4.11. The van der Waals surface area contributed by atoms with Crippen LogP contribution in [0.25, 0.3) is 0 Å². The maximum Gasteiger partial charge on any atom is 0.363 e. The Bertz CT molecular complexity index is 180. The van der Waals surface area contributed by atoms with Crippen molar-refractivity contribution >= 4 is 5.97 Å². The van der Waals surface area contributed by atoms with Crippen molar-refractivity contribution in [2.75, 3.05) is 7.11 Å². The Morgan fingerprint density at radius 1 is 1.60 bits per heavy atom. The summed E-state index contributed by atoms with van der Waals surface area (Å²) in [6.07, 6.45) is 0. The lowest BCUT2D eigenvalue weighted by molar-refractivity contribution is -0.136. The summed E-state index contributed by atoms with van der Waals surface area (Å²) in [5, 5.41) is 10.9. The zero-order valence-electron chi connectivity index (χ0n) is 5.62. The molecule has 0 saturated carbocycles. The predicted molar refractivity (Wildman–Crippen MR) is 33.1 cm³/mol. The second-order valence-electron chi connectivity index (χ2n) is 1.52. The molecule has 5 nitrogen and oxygen atoms in total. The van der Waals surface area contributed by atoms with Gasteiger partial charge in [-0.15, -0.1) is 4.91 Å². The Labute approximate surface area is 57.3 Å². The molecule has 0 heterocycles. The molecule has 0 aromatic carbocycles. The van der Waals surface area contributed by atoms with Gasteiger partial charge < -0.3 is 9.84 Å². The molecule has 0 radical (unpaired) electrons. The number of hydrogen-bond acceptors (Lipinski definition) is 5. The van der Waals surface area contributed by atoms with E-state index >= 15 is 0 Å². The van der Waals surface area contributed by atoms with Crippen molar-refractivity contribution in [1.82, 2.24) is 0 Å². The Balaban J connectivity index is 4.53. The number of allylic oxidation sites excluding steroid dienone is 1. The van der Waals surface area contributed by atoms with Gasteiger partial charge in [0.05, 0.1) is 7.11 Å². The minimum atomic E-state index is -0.935. The molecule has 10 heavy (non-hydrogen) atoms. The highest BCUT2D eigenvalue weighted by Gasteiger charge is 2.13. The normalized spacial score (nSPS) is 11.8. The van der Waals surface area contributed by atoms with Gasteiger partial charge in [0.15, 0.2) is 0 Å². The molecule has 0 rings (SSSR count). The second kappa shape index (κ2) is 3.60. The van der Waals surface area contributed by atoms with Gasteiger partial charge in [0.1, 0.15) is 5.76 Å². The summed E-state index contributed by atoms with van der Waals surface area (Å²) in [5.74, 6) is -1.38. The first-order valence-electron chi connectivity index (χ1n) is 2.45. The SMILES string of the molecule is COC(=O)/C(N=O)=C(\C)O. The van der Waals surface area contributed by atoms with Crippen molar-refractivity contribution in [1.29, 1.82) is 0 Å². The average molecular weight is 145 g/mol. The van der Waals surface area contributed by atoms with Gasteiger partial charge in [0.2, 0.25) is 5.70 Å². The zero-order valence-corrected chi connectivity index (χ0v) is 5.62. The van der Waals surface area contributed by atoms with Crippen molar-refractivity contribution in [2.24, 2.45) is 5.18 Å². The lowest BCUT2D eigenvalue weighted by Crippen LogP contribution is -2.04. The first kappa shape index (κ1) is 8.61. The first-order chi connectivity index (χ1) is 4.63. The summed E-state index contributed by atoms with van der Waals surface area (Å²) in [4.78, 5) is 20.2. The van der Waals surface area contributed by atoms with Crippen LogP contribution in [0.15, 0.2) is 16.6 Å². The largest absolute Gasteiger partial charge is 0.510 e. The molecule has 0 aliphatic rings. The van der Waals surface area contributed by atoms with Crippen LogP contribution in [0.3, 0.4) is 0 Å². The number of rotatable bonds is 2. The molecule has 0 saturated heterocycles.